The summed E-state index contributed by atoms with van der Waals surface area (Å²) in [5.41, 5.74) is 7.11. The number of fused-ring (bicyclic) bond motifs is 1. The van der Waals surface area contributed by atoms with Crippen molar-refractivity contribution in [2.45, 2.75) is 80.4 Å². The number of halogens is 2. The van der Waals surface area contributed by atoms with Crippen molar-refractivity contribution in [2.75, 3.05) is 0 Å². The molecule has 28 heavy (non-hydrogen) atoms. The fourth-order valence-corrected chi connectivity index (χ4v) is 13.5. The van der Waals surface area contributed by atoms with E-state index in [-0.39, 0.29) is 0 Å². The van der Waals surface area contributed by atoms with E-state index in [0.29, 0.717) is 0 Å². The van der Waals surface area contributed by atoms with Crippen LogP contribution < -0.4 is 0 Å². The van der Waals surface area contributed by atoms with Gasteiger partial charge in [-0.2, -0.15) is 0 Å². The Morgan fingerprint density at radius 3 is 2.29 bits per heavy atom. The van der Waals surface area contributed by atoms with Crippen LogP contribution in [0.2, 0.25) is 3.12 Å². The van der Waals surface area contributed by atoms with Crippen LogP contribution in [0.1, 0.15) is 88.4 Å². The van der Waals surface area contributed by atoms with Gasteiger partial charge in [0.2, 0.25) is 0 Å². The van der Waals surface area contributed by atoms with E-state index in [9.17, 15) is 0 Å². The zero-order valence-electron chi connectivity index (χ0n) is 18.3. The van der Waals surface area contributed by atoms with Gasteiger partial charge in [0.15, 0.2) is 0 Å². The summed E-state index contributed by atoms with van der Waals surface area (Å²) in [6, 6.07) is 7.88. The van der Waals surface area contributed by atoms with Crippen molar-refractivity contribution in [2.24, 2.45) is 0 Å². The summed E-state index contributed by atoms with van der Waals surface area (Å²) in [6.07, 6.45) is 6.61. The summed E-state index contributed by atoms with van der Waals surface area (Å²) < 4.78 is 32.1. The number of benzene rings is 1. The third kappa shape index (κ3) is 3.17. The quantitative estimate of drug-likeness (QED) is 0.379. The fourth-order valence-electron chi connectivity index (χ4n) is 5.32. The third-order valence-corrected chi connectivity index (χ3v) is 15.7. The number of hydrogen-bond acceptors (Lipinski definition) is 0. The summed E-state index contributed by atoms with van der Waals surface area (Å²) in [6.45, 7) is 12.2. The Kier molecular flexibility index (Phi) is 6.36. The minimum absolute atomic E-state index is 0.623. The molecule has 0 amide bonds. The first-order valence-electron chi connectivity index (χ1n) is 10.8. The topological polar surface area (TPSA) is 0 Å². The van der Waals surface area contributed by atoms with E-state index in [1.54, 1.807) is 0 Å². The van der Waals surface area contributed by atoms with Gasteiger partial charge in [-0.3, -0.25) is 0 Å². The van der Waals surface area contributed by atoms with Crippen molar-refractivity contribution in [3.63, 3.8) is 0 Å². The summed E-state index contributed by atoms with van der Waals surface area (Å²) in [4.78, 5) is 0. The Bertz CT molecular complexity index is 859. The molecule has 1 aromatic rings. The predicted molar refractivity (Wildman–Crippen MR) is 113 cm³/mol. The van der Waals surface area contributed by atoms with Crippen LogP contribution >= 0.6 is 0 Å². The van der Waals surface area contributed by atoms with Crippen molar-refractivity contribution in [1.82, 2.24) is 0 Å². The van der Waals surface area contributed by atoms with Gasteiger partial charge in [0.1, 0.15) is 0 Å². The van der Waals surface area contributed by atoms with Crippen LogP contribution in [0.3, 0.4) is 0 Å². The Morgan fingerprint density at radius 2 is 1.64 bits per heavy atom. The van der Waals surface area contributed by atoms with Crippen LogP contribution in [-0.4, -0.2) is 0 Å². The number of allylic oxidation sites excluding steroid dienone is 5. The molecule has 2 aliphatic carbocycles. The maximum atomic E-state index is 16.8. The van der Waals surface area contributed by atoms with Crippen molar-refractivity contribution < 1.29 is 26.7 Å². The van der Waals surface area contributed by atoms with Crippen molar-refractivity contribution in [3.8, 4) is 0 Å². The van der Waals surface area contributed by atoms with Crippen molar-refractivity contribution in [1.29, 1.82) is 0 Å². The molecule has 0 saturated heterocycles. The Labute approximate surface area is 176 Å². The first kappa shape index (κ1) is 21.9. The molecule has 0 N–H and O–H groups in total. The molecule has 0 heterocycles. The molecule has 152 valence electrons. The first-order chi connectivity index (χ1) is 13.2. The molecule has 3 heteroatoms. The van der Waals surface area contributed by atoms with Gasteiger partial charge in [0.25, 0.3) is 0 Å². The van der Waals surface area contributed by atoms with Crippen LogP contribution in [0.15, 0.2) is 52.1 Å². The van der Waals surface area contributed by atoms with E-state index in [4.69, 9.17) is 0 Å². The van der Waals surface area contributed by atoms with Gasteiger partial charge in [0.05, 0.1) is 0 Å². The number of rotatable bonds is 7. The van der Waals surface area contributed by atoms with E-state index in [2.05, 4.69) is 26.8 Å². The molecule has 0 spiro atoms. The molecule has 0 fully saturated rings. The van der Waals surface area contributed by atoms with Crippen molar-refractivity contribution in [3.05, 3.63) is 63.3 Å². The molecular formula is C25H34F2Zr. The van der Waals surface area contributed by atoms with Crippen LogP contribution in [-0.2, 0) is 21.5 Å². The van der Waals surface area contributed by atoms with Gasteiger partial charge < -0.3 is 0 Å². The van der Waals surface area contributed by atoms with E-state index >= 15 is 5.25 Å². The van der Waals surface area contributed by atoms with Crippen molar-refractivity contribution >= 4 is 6.08 Å². The monoisotopic (exact) mass is 462 g/mol. The molecule has 0 radical (unpaired) electrons. The molecule has 1 aromatic carbocycles. The second-order valence-corrected chi connectivity index (χ2v) is 15.7. The standard InChI is InChI=1S/C13H15.C12H19.2FH.Zr/c1-2-3-6-11-9-12-7-4-5-8-13(12)10-11;1-6-7-12-10(4)8(2)9(3)11(12)5;;;/h4-5,7-10H,2-3,6H2,1H3;6-7H2,1-5H3;2*1H;/q;;;;+2/p-2. The van der Waals surface area contributed by atoms with Crippen LogP contribution in [0.4, 0.5) is 5.25 Å². The van der Waals surface area contributed by atoms with E-state index in [1.165, 1.54) is 0 Å². The summed E-state index contributed by atoms with van der Waals surface area (Å²) in [7, 11) is 0. The normalized spacial score (nSPS) is 24.9. The van der Waals surface area contributed by atoms with Crippen LogP contribution in [0, 0.1) is 0 Å². The fraction of sp³-hybridized carbons (Fsp3) is 0.520. The van der Waals surface area contributed by atoms with Crippen LogP contribution in [0.5, 0.6) is 0 Å². The number of hydrogen-bond donors (Lipinski definition) is 0. The minimum atomic E-state index is -5.72. The first-order valence-corrected chi connectivity index (χ1v) is 15.3. The van der Waals surface area contributed by atoms with E-state index in [1.807, 2.05) is 45.0 Å². The van der Waals surface area contributed by atoms with Gasteiger partial charge in [-0.15, -0.1) is 0 Å². The van der Waals surface area contributed by atoms with Crippen LogP contribution in [0.25, 0.3) is 6.08 Å². The maximum absolute atomic E-state index is 16.8. The van der Waals surface area contributed by atoms with Gasteiger partial charge in [-0.25, -0.2) is 0 Å². The second kappa shape index (κ2) is 8.13. The molecule has 2 atom stereocenters. The molecule has 0 aliphatic heterocycles. The Hall–Kier alpha value is -0.817. The Balaban J connectivity index is 2.16. The average molecular weight is 464 g/mol. The molecular weight excluding hydrogens is 429 g/mol. The van der Waals surface area contributed by atoms with Gasteiger partial charge in [-0.05, 0) is 0 Å². The average Bonchev–Trinajstić information content (AvgIpc) is 3.13. The molecule has 3 rings (SSSR count). The molecule has 0 aromatic heterocycles. The molecule has 2 unspecified atom stereocenters. The molecule has 2 aliphatic rings. The molecule has 0 nitrogen and oxygen atoms in total. The summed E-state index contributed by atoms with van der Waals surface area (Å²) in [5, 5.41) is 0. The van der Waals surface area contributed by atoms with E-state index in [0.717, 1.165) is 71.1 Å². The van der Waals surface area contributed by atoms with E-state index < -0.39 is 28.2 Å². The van der Waals surface area contributed by atoms with Gasteiger partial charge in [0, 0.05) is 0 Å². The molecule has 0 saturated carbocycles. The predicted octanol–water partition coefficient (Wildman–Crippen LogP) is 8.88. The third-order valence-electron chi connectivity index (χ3n) is 7.30. The summed E-state index contributed by atoms with van der Waals surface area (Å²) in [5.74, 6) is 0. The zero-order chi connectivity index (χ0) is 20.7. The second-order valence-electron chi connectivity index (χ2n) is 8.74. The SMILES string of the molecule is CCCCC1=Cc2ccccc2[CH]1[Zr]([F])([F])[C]1(C)C(C)=C(C)C(C)=C1CCC. The van der Waals surface area contributed by atoms with Gasteiger partial charge in [-0.1, -0.05) is 0 Å². The number of unbranched alkanes of at least 4 members (excludes halogenated alkanes) is 1. The summed E-state index contributed by atoms with van der Waals surface area (Å²) >= 11 is -5.72. The van der Waals surface area contributed by atoms with Gasteiger partial charge >= 0.3 is 176 Å². The molecule has 0 bridgehead atoms. The Morgan fingerprint density at radius 1 is 0.964 bits per heavy atom. The zero-order valence-corrected chi connectivity index (χ0v) is 20.7.